The van der Waals surface area contributed by atoms with Gasteiger partial charge in [0, 0.05) is 12.4 Å². The first kappa shape index (κ1) is 14.0. The van der Waals surface area contributed by atoms with E-state index in [-0.39, 0.29) is 11.7 Å². The summed E-state index contributed by atoms with van der Waals surface area (Å²) in [5, 5.41) is 4.02. The highest BCUT2D eigenvalue weighted by atomic mass is 32.2. The maximum absolute atomic E-state index is 11.9. The number of hydrogen-bond acceptors (Lipinski definition) is 6. The molecule has 1 N–H and O–H groups in total. The summed E-state index contributed by atoms with van der Waals surface area (Å²) < 4.78 is 1.07. The molecule has 0 radical (unpaired) electrons. The zero-order valence-electron chi connectivity index (χ0n) is 11.2. The summed E-state index contributed by atoms with van der Waals surface area (Å²) in [5.41, 5.74) is 2.08. The Balaban J connectivity index is 1.63. The van der Waals surface area contributed by atoms with E-state index in [1.54, 1.807) is 18.5 Å². The van der Waals surface area contributed by atoms with Crippen molar-refractivity contribution in [3.63, 3.8) is 0 Å². The Morgan fingerprint density at radius 1 is 1.33 bits per heavy atom. The molecule has 5 nitrogen and oxygen atoms in total. The first-order valence-electron chi connectivity index (χ1n) is 6.27. The maximum atomic E-state index is 11.9. The number of hydrogen-bond donors (Lipinski definition) is 1. The fourth-order valence-corrected chi connectivity index (χ4v) is 3.31. The van der Waals surface area contributed by atoms with Gasteiger partial charge in [-0.25, -0.2) is 15.0 Å². The Hall–Kier alpha value is -1.99. The molecule has 0 unspecified atom stereocenters. The number of benzene rings is 1. The third-order valence-electron chi connectivity index (χ3n) is 2.66. The van der Waals surface area contributed by atoms with Crippen molar-refractivity contribution in [2.75, 3.05) is 11.1 Å². The van der Waals surface area contributed by atoms with Crippen molar-refractivity contribution < 1.29 is 4.79 Å². The lowest BCUT2D eigenvalue weighted by Gasteiger charge is -2.00. The summed E-state index contributed by atoms with van der Waals surface area (Å²) in [6, 6.07) is 7.78. The van der Waals surface area contributed by atoms with E-state index < -0.39 is 0 Å². The van der Waals surface area contributed by atoms with E-state index in [9.17, 15) is 4.79 Å². The van der Waals surface area contributed by atoms with E-state index >= 15 is 0 Å². The minimum atomic E-state index is -0.108. The number of amides is 1. The number of thiazole rings is 1. The molecule has 2 heterocycles. The number of rotatable bonds is 4. The van der Waals surface area contributed by atoms with Crippen molar-refractivity contribution in [2.45, 2.75) is 12.1 Å². The predicted octanol–water partition coefficient (Wildman–Crippen LogP) is 3.13. The molecule has 0 aliphatic heterocycles. The number of thioether (sulfide) groups is 1. The molecule has 21 heavy (non-hydrogen) atoms. The number of carbonyl (C=O) groups excluding carboxylic acids is 1. The van der Waals surface area contributed by atoms with Gasteiger partial charge >= 0.3 is 0 Å². The first-order valence-corrected chi connectivity index (χ1v) is 8.08. The van der Waals surface area contributed by atoms with Crippen molar-refractivity contribution in [1.82, 2.24) is 15.0 Å². The van der Waals surface area contributed by atoms with Crippen LogP contribution >= 0.6 is 23.1 Å². The second-order valence-corrected chi connectivity index (χ2v) is 6.33. The second kappa shape index (κ2) is 6.19. The summed E-state index contributed by atoms with van der Waals surface area (Å²) in [7, 11) is 0. The van der Waals surface area contributed by atoms with Crippen molar-refractivity contribution >= 4 is 44.4 Å². The molecule has 106 valence electrons. The van der Waals surface area contributed by atoms with Gasteiger partial charge in [-0.15, -0.1) is 0 Å². The Morgan fingerprint density at radius 3 is 2.95 bits per heavy atom. The van der Waals surface area contributed by atoms with Crippen LogP contribution in [0.1, 0.15) is 5.56 Å². The van der Waals surface area contributed by atoms with E-state index in [4.69, 9.17) is 0 Å². The van der Waals surface area contributed by atoms with Crippen LogP contribution in [0.3, 0.4) is 0 Å². The van der Waals surface area contributed by atoms with Gasteiger partial charge in [0.2, 0.25) is 5.91 Å². The highest BCUT2D eigenvalue weighted by molar-refractivity contribution is 7.99. The highest BCUT2D eigenvalue weighted by Crippen LogP contribution is 2.26. The highest BCUT2D eigenvalue weighted by Gasteiger charge is 2.09. The summed E-state index contributed by atoms with van der Waals surface area (Å²) >= 11 is 2.78. The quantitative estimate of drug-likeness (QED) is 0.591. The lowest BCUT2D eigenvalue weighted by atomic mass is 10.2. The van der Waals surface area contributed by atoms with Gasteiger partial charge in [-0.1, -0.05) is 29.2 Å². The summed E-state index contributed by atoms with van der Waals surface area (Å²) in [4.78, 5) is 24.4. The third-order valence-corrected chi connectivity index (χ3v) is 4.47. The Morgan fingerprint density at radius 2 is 2.14 bits per heavy atom. The van der Waals surface area contributed by atoms with Crippen molar-refractivity contribution in [3.8, 4) is 0 Å². The van der Waals surface area contributed by atoms with Gasteiger partial charge < -0.3 is 5.32 Å². The number of aromatic nitrogens is 3. The molecular formula is C14H12N4OS2. The van der Waals surface area contributed by atoms with E-state index in [0.29, 0.717) is 10.3 Å². The Bertz CT molecular complexity index is 773. The summed E-state index contributed by atoms with van der Waals surface area (Å²) in [6.07, 6.45) is 3.31. The van der Waals surface area contributed by atoms with Crippen LogP contribution in [0.5, 0.6) is 0 Å². The first-order chi connectivity index (χ1) is 10.2. The molecule has 0 atom stereocenters. The van der Waals surface area contributed by atoms with Crippen molar-refractivity contribution in [1.29, 1.82) is 0 Å². The number of anilines is 1. The standard InChI is InChI=1S/C14H12N4OS2/c1-9-3-4-10-11(7-9)21-14(17-10)18-12(19)8-20-13-15-5-2-6-16-13/h2-7H,8H2,1H3,(H,17,18,19). The number of aryl methyl sites for hydroxylation is 1. The topological polar surface area (TPSA) is 67.8 Å². The van der Waals surface area contributed by atoms with Crippen LogP contribution in [-0.4, -0.2) is 26.6 Å². The molecule has 1 amide bonds. The van der Waals surface area contributed by atoms with Crippen LogP contribution in [0.4, 0.5) is 5.13 Å². The van der Waals surface area contributed by atoms with Gasteiger partial charge in [0.15, 0.2) is 10.3 Å². The average molecular weight is 316 g/mol. The number of fused-ring (bicyclic) bond motifs is 1. The lowest BCUT2D eigenvalue weighted by molar-refractivity contribution is -0.113. The smallest absolute Gasteiger partial charge is 0.236 e. The zero-order chi connectivity index (χ0) is 14.7. The molecular weight excluding hydrogens is 304 g/mol. The van der Waals surface area contributed by atoms with Gasteiger partial charge in [0.05, 0.1) is 16.0 Å². The summed E-state index contributed by atoms with van der Waals surface area (Å²) in [6.45, 7) is 2.04. The van der Waals surface area contributed by atoms with E-state index in [1.165, 1.54) is 28.7 Å². The molecule has 0 fully saturated rings. The lowest BCUT2D eigenvalue weighted by Crippen LogP contribution is -2.13. The molecule has 0 saturated carbocycles. The Labute approximate surface area is 129 Å². The largest absolute Gasteiger partial charge is 0.301 e. The second-order valence-electron chi connectivity index (χ2n) is 4.36. The molecule has 7 heteroatoms. The van der Waals surface area contributed by atoms with Crippen LogP contribution in [-0.2, 0) is 4.79 Å². The minimum absolute atomic E-state index is 0.108. The van der Waals surface area contributed by atoms with Crippen LogP contribution in [0.15, 0.2) is 41.8 Å². The molecule has 1 aromatic carbocycles. The van der Waals surface area contributed by atoms with Crippen LogP contribution in [0.25, 0.3) is 10.2 Å². The third kappa shape index (κ3) is 3.56. The normalized spacial score (nSPS) is 10.7. The van der Waals surface area contributed by atoms with Crippen molar-refractivity contribution in [2.24, 2.45) is 0 Å². The summed E-state index contributed by atoms with van der Waals surface area (Å²) in [5.74, 6) is 0.155. The molecule has 2 aromatic heterocycles. The van der Waals surface area contributed by atoms with Crippen LogP contribution < -0.4 is 5.32 Å². The van der Waals surface area contributed by atoms with Gasteiger partial charge in [-0.2, -0.15) is 0 Å². The van der Waals surface area contributed by atoms with Gasteiger partial charge in [0.1, 0.15) is 0 Å². The molecule has 0 saturated heterocycles. The fourth-order valence-electron chi connectivity index (χ4n) is 1.73. The van der Waals surface area contributed by atoms with E-state index in [1.807, 2.05) is 19.1 Å². The molecule has 3 rings (SSSR count). The monoisotopic (exact) mass is 316 g/mol. The molecule has 0 spiro atoms. The maximum Gasteiger partial charge on any atom is 0.236 e. The molecule has 3 aromatic rings. The van der Waals surface area contributed by atoms with E-state index in [2.05, 4.69) is 26.3 Å². The number of carbonyl (C=O) groups is 1. The molecule has 0 bridgehead atoms. The zero-order valence-corrected chi connectivity index (χ0v) is 12.9. The van der Waals surface area contributed by atoms with E-state index in [0.717, 1.165) is 10.2 Å². The SMILES string of the molecule is Cc1ccc2nc(NC(=O)CSc3ncccn3)sc2c1. The Kier molecular flexibility index (Phi) is 4.12. The molecule has 0 aliphatic carbocycles. The van der Waals surface area contributed by atoms with Crippen LogP contribution in [0, 0.1) is 6.92 Å². The van der Waals surface area contributed by atoms with Crippen LogP contribution in [0.2, 0.25) is 0 Å². The minimum Gasteiger partial charge on any atom is -0.301 e. The predicted molar refractivity (Wildman–Crippen MR) is 85.7 cm³/mol. The number of nitrogens with zero attached hydrogens (tertiary/aromatic N) is 3. The fraction of sp³-hybridized carbons (Fsp3) is 0.143. The van der Waals surface area contributed by atoms with Crippen molar-refractivity contribution in [3.05, 3.63) is 42.2 Å². The van der Waals surface area contributed by atoms with Gasteiger partial charge in [0.25, 0.3) is 0 Å². The van der Waals surface area contributed by atoms with Gasteiger partial charge in [-0.05, 0) is 30.7 Å². The average Bonchev–Trinajstić information content (AvgIpc) is 2.87. The molecule has 0 aliphatic rings. The number of nitrogens with one attached hydrogen (secondary N) is 1. The van der Waals surface area contributed by atoms with Gasteiger partial charge in [-0.3, -0.25) is 4.79 Å².